The van der Waals surface area contributed by atoms with Crippen LogP contribution < -0.4 is 5.56 Å². The molecule has 5 nitrogen and oxygen atoms in total. The number of H-pyrrole nitrogens is 1. The standard InChI is InChI=1S/C9H12IN3O2/c1-13-2-3-15-7(5-13)8-11-4-6(10)9(14)12-8/h4,7H,2-3,5H2,1H3,(H,11,12,14). The van der Waals surface area contributed by atoms with E-state index < -0.39 is 0 Å². The fraction of sp³-hybridized carbons (Fsp3) is 0.556. The van der Waals surface area contributed by atoms with Crippen molar-refractivity contribution in [3.63, 3.8) is 0 Å². The largest absolute Gasteiger partial charge is 0.368 e. The van der Waals surface area contributed by atoms with Gasteiger partial charge in [0.25, 0.3) is 5.56 Å². The summed E-state index contributed by atoms with van der Waals surface area (Å²) in [5, 5.41) is 0. The van der Waals surface area contributed by atoms with Gasteiger partial charge in [-0.25, -0.2) is 4.98 Å². The highest BCUT2D eigenvalue weighted by atomic mass is 127. The maximum Gasteiger partial charge on any atom is 0.264 e. The van der Waals surface area contributed by atoms with E-state index in [1.54, 1.807) is 6.20 Å². The predicted octanol–water partition coefficient (Wildman–Crippen LogP) is 0.378. The van der Waals surface area contributed by atoms with Crippen molar-refractivity contribution in [1.82, 2.24) is 14.9 Å². The number of aromatic amines is 1. The highest BCUT2D eigenvalue weighted by Crippen LogP contribution is 2.16. The van der Waals surface area contributed by atoms with Crippen LogP contribution in [0.4, 0.5) is 0 Å². The molecule has 0 aromatic carbocycles. The van der Waals surface area contributed by atoms with Gasteiger partial charge in [0, 0.05) is 19.3 Å². The van der Waals surface area contributed by atoms with Crippen LogP contribution in [0.5, 0.6) is 0 Å². The van der Waals surface area contributed by atoms with Crippen LogP contribution in [0.15, 0.2) is 11.0 Å². The van der Waals surface area contributed by atoms with E-state index in [2.05, 4.69) is 14.9 Å². The van der Waals surface area contributed by atoms with E-state index in [1.165, 1.54) is 0 Å². The molecule has 0 amide bonds. The molecule has 1 unspecified atom stereocenters. The maximum atomic E-state index is 11.4. The zero-order chi connectivity index (χ0) is 10.8. The van der Waals surface area contributed by atoms with Crippen molar-refractivity contribution < 1.29 is 4.74 Å². The Kier molecular flexibility index (Phi) is 3.37. The van der Waals surface area contributed by atoms with Crippen molar-refractivity contribution in [1.29, 1.82) is 0 Å². The van der Waals surface area contributed by atoms with E-state index in [0.717, 1.165) is 13.1 Å². The Hall–Kier alpha value is -0.470. The van der Waals surface area contributed by atoms with E-state index in [0.29, 0.717) is 16.0 Å². The minimum absolute atomic E-state index is 0.0996. The Morgan fingerprint density at radius 3 is 3.20 bits per heavy atom. The van der Waals surface area contributed by atoms with Crippen LogP contribution in [-0.2, 0) is 4.74 Å². The number of morpholine rings is 1. The molecule has 1 fully saturated rings. The van der Waals surface area contributed by atoms with Crippen LogP contribution >= 0.6 is 22.6 Å². The first kappa shape index (κ1) is 11.0. The molecule has 0 saturated carbocycles. The molecule has 1 aromatic heterocycles. The van der Waals surface area contributed by atoms with Crippen molar-refractivity contribution in [2.75, 3.05) is 26.7 Å². The number of aromatic nitrogens is 2. The maximum absolute atomic E-state index is 11.4. The van der Waals surface area contributed by atoms with Gasteiger partial charge in [0.1, 0.15) is 11.9 Å². The third kappa shape index (κ3) is 2.56. The Balaban J connectivity index is 2.21. The van der Waals surface area contributed by atoms with Crippen molar-refractivity contribution >= 4 is 22.6 Å². The number of nitrogens with one attached hydrogen (secondary N) is 1. The van der Waals surface area contributed by atoms with Crippen LogP contribution in [0.2, 0.25) is 0 Å². The smallest absolute Gasteiger partial charge is 0.264 e. The molecule has 1 aromatic rings. The number of halogens is 1. The summed E-state index contributed by atoms with van der Waals surface area (Å²) in [4.78, 5) is 20.5. The molecular formula is C9H12IN3O2. The summed E-state index contributed by atoms with van der Waals surface area (Å²) in [6.07, 6.45) is 1.46. The van der Waals surface area contributed by atoms with Crippen LogP contribution in [0.1, 0.15) is 11.9 Å². The summed E-state index contributed by atoms with van der Waals surface area (Å²) in [5.41, 5.74) is -0.0996. The third-order valence-corrected chi connectivity index (χ3v) is 3.12. The number of hydrogen-bond donors (Lipinski definition) is 1. The second kappa shape index (κ2) is 4.58. The number of nitrogens with zero attached hydrogens (tertiary/aromatic N) is 2. The Bertz CT molecular complexity index is 407. The first-order chi connectivity index (χ1) is 7.16. The summed E-state index contributed by atoms with van der Waals surface area (Å²) in [6, 6.07) is 0. The molecule has 15 heavy (non-hydrogen) atoms. The fourth-order valence-electron chi connectivity index (χ4n) is 1.50. The normalized spacial score (nSPS) is 22.9. The van der Waals surface area contributed by atoms with Crippen molar-refractivity contribution in [3.05, 3.63) is 25.9 Å². The number of likely N-dealkylation sites (N-methyl/N-ethyl adjacent to an activating group) is 1. The van der Waals surface area contributed by atoms with E-state index in [1.807, 2.05) is 29.6 Å². The lowest BCUT2D eigenvalue weighted by molar-refractivity contribution is -0.0256. The highest BCUT2D eigenvalue weighted by molar-refractivity contribution is 14.1. The van der Waals surface area contributed by atoms with E-state index in [-0.39, 0.29) is 11.7 Å². The van der Waals surface area contributed by atoms with Crippen LogP contribution in [0.25, 0.3) is 0 Å². The van der Waals surface area contributed by atoms with Gasteiger partial charge >= 0.3 is 0 Å². The quantitative estimate of drug-likeness (QED) is 0.760. The molecule has 0 aliphatic carbocycles. The summed E-state index contributed by atoms with van der Waals surface area (Å²) in [7, 11) is 2.03. The average molecular weight is 321 g/mol. The van der Waals surface area contributed by atoms with Gasteiger partial charge in [0.15, 0.2) is 0 Å². The molecule has 1 saturated heterocycles. The molecule has 6 heteroatoms. The topological polar surface area (TPSA) is 58.2 Å². The number of rotatable bonds is 1. The predicted molar refractivity (Wildman–Crippen MR) is 63.8 cm³/mol. The molecule has 0 spiro atoms. The number of hydrogen-bond acceptors (Lipinski definition) is 4. The van der Waals surface area contributed by atoms with Crippen molar-refractivity contribution in [3.8, 4) is 0 Å². The van der Waals surface area contributed by atoms with Gasteiger partial charge in [-0.2, -0.15) is 0 Å². The molecule has 2 heterocycles. The van der Waals surface area contributed by atoms with Gasteiger partial charge in [-0.05, 0) is 29.6 Å². The first-order valence-electron chi connectivity index (χ1n) is 4.71. The van der Waals surface area contributed by atoms with Crippen molar-refractivity contribution in [2.45, 2.75) is 6.10 Å². The molecule has 1 aliphatic rings. The zero-order valence-corrected chi connectivity index (χ0v) is 10.5. The summed E-state index contributed by atoms with van der Waals surface area (Å²) >= 11 is 1.96. The Morgan fingerprint density at radius 2 is 2.53 bits per heavy atom. The first-order valence-corrected chi connectivity index (χ1v) is 5.79. The summed E-state index contributed by atoms with van der Waals surface area (Å²) < 4.78 is 6.15. The second-order valence-corrected chi connectivity index (χ2v) is 4.73. The lowest BCUT2D eigenvalue weighted by atomic mass is 10.2. The monoisotopic (exact) mass is 321 g/mol. The highest BCUT2D eigenvalue weighted by Gasteiger charge is 2.21. The summed E-state index contributed by atoms with van der Waals surface area (Å²) in [5.74, 6) is 0.618. The van der Waals surface area contributed by atoms with Gasteiger partial charge in [0.2, 0.25) is 0 Å². The van der Waals surface area contributed by atoms with E-state index in [4.69, 9.17) is 4.74 Å². The van der Waals surface area contributed by atoms with Gasteiger partial charge in [0.05, 0.1) is 10.2 Å². The molecule has 2 rings (SSSR count). The molecule has 0 bridgehead atoms. The third-order valence-electron chi connectivity index (χ3n) is 2.35. The Morgan fingerprint density at radius 1 is 1.73 bits per heavy atom. The molecule has 1 atom stereocenters. The zero-order valence-electron chi connectivity index (χ0n) is 8.36. The fourth-order valence-corrected chi connectivity index (χ4v) is 1.77. The second-order valence-electron chi connectivity index (χ2n) is 3.57. The van der Waals surface area contributed by atoms with E-state index >= 15 is 0 Å². The van der Waals surface area contributed by atoms with Gasteiger partial charge < -0.3 is 14.6 Å². The molecule has 82 valence electrons. The molecule has 0 radical (unpaired) electrons. The lowest BCUT2D eigenvalue weighted by Gasteiger charge is -2.29. The van der Waals surface area contributed by atoms with Gasteiger partial charge in [-0.15, -0.1) is 0 Å². The van der Waals surface area contributed by atoms with Gasteiger partial charge in [-0.3, -0.25) is 4.79 Å². The molecule has 1 aliphatic heterocycles. The van der Waals surface area contributed by atoms with Gasteiger partial charge in [-0.1, -0.05) is 0 Å². The Labute approximate surface area is 101 Å². The molecule has 1 N–H and O–H groups in total. The summed E-state index contributed by atoms with van der Waals surface area (Å²) in [6.45, 7) is 2.37. The van der Waals surface area contributed by atoms with E-state index in [9.17, 15) is 4.79 Å². The lowest BCUT2D eigenvalue weighted by Crippen LogP contribution is -2.36. The molecular weight excluding hydrogens is 309 g/mol. The van der Waals surface area contributed by atoms with Crippen LogP contribution in [-0.4, -0.2) is 41.6 Å². The number of ether oxygens (including phenoxy) is 1. The SMILES string of the molecule is CN1CCOC(c2ncc(I)c(=O)[nH]2)C1. The van der Waals surface area contributed by atoms with Crippen LogP contribution in [0.3, 0.4) is 0 Å². The average Bonchev–Trinajstić information content (AvgIpc) is 2.22. The van der Waals surface area contributed by atoms with Crippen molar-refractivity contribution in [2.24, 2.45) is 0 Å². The minimum atomic E-state index is -0.117. The minimum Gasteiger partial charge on any atom is -0.368 e. The van der Waals surface area contributed by atoms with Crippen LogP contribution in [0, 0.1) is 3.57 Å².